The molecule has 0 aromatic heterocycles. The molecule has 0 spiro atoms. The molecule has 1 aromatic rings. The van der Waals surface area contributed by atoms with Gasteiger partial charge in [-0.2, -0.15) is 0 Å². The lowest BCUT2D eigenvalue weighted by molar-refractivity contribution is -0.143. The summed E-state index contributed by atoms with van der Waals surface area (Å²) in [5.41, 5.74) is 1.05. The fraction of sp³-hybridized carbons (Fsp3) is 0.417. The van der Waals surface area contributed by atoms with Crippen LogP contribution in [-0.2, 0) is 16.0 Å². The van der Waals surface area contributed by atoms with E-state index in [0.717, 1.165) is 5.56 Å². The molecule has 1 aliphatic heterocycles. The molecule has 1 heterocycles. The molecule has 3 heteroatoms. The summed E-state index contributed by atoms with van der Waals surface area (Å²) in [6.07, 6.45) is -0.519. The highest BCUT2D eigenvalue weighted by molar-refractivity contribution is 5.76. The lowest BCUT2D eigenvalue weighted by atomic mass is 9.94. The first-order valence-electron chi connectivity index (χ1n) is 5.11. The van der Waals surface area contributed by atoms with E-state index in [1.54, 1.807) is 6.92 Å². The van der Waals surface area contributed by atoms with E-state index in [1.807, 2.05) is 30.3 Å². The number of esters is 1. The van der Waals surface area contributed by atoms with Crippen molar-refractivity contribution in [2.75, 3.05) is 0 Å². The summed E-state index contributed by atoms with van der Waals surface area (Å²) >= 11 is 0. The van der Waals surface area contributed by atoms with Gasteiger partial charge in [0.15, 0.2) is 0 Å². The minimum absolute atomic E-state index is 0.293. The summed E-state index contributed by atoms with van der Waals surface area (Å²) in [7, 11) is 0. The number of ether oxygens (including phenoxy) is 1. The third-order valence-corrected chi connectivity index (χ3v) is 2.80. The summed E-state index contributed by atoms with van der Waals surface area (Å²) < 4.78 is 4.97. The second-order valence-corrected chi connectivity index (χ2v) is 3.93. The predicted octanol–water partition coefficient (Wildman–Crippen LogP) is 1.15. The first kappa shape index (κ1) is 10.2. The Hall–Kier alpha value is -1.35. The average Bonchev–Trinajstić information content (AvgIpc) is 2.47. The molecule has 0 saturated carbocycles. The molecule has 2 rings (SSSR count). The average molecular weight is 206 g/mol. The molecule has 3 atom stereocenters. The minimum Gasteiger partial charge on any atom is -0.460 e. The lowest BCUT2D eigenvalue weighted by Gasteiger charge is -2.11. The Morgan fingerprint density at radius 3 is 2.53 bits per heavy atom. The maximum atomic E-state index is 11.4. The Bertz CT molecular complexity index is 347. The van der Waals surface area contributed by atoms with Gasteiger partial charge in [-0.3, -0.25) is 4.79 Å². The monoisotopic (exact) mass is 206 g/mol. The normalized spacial score (nSPS) is 30.3. The van der Waals surface area contributed by atoms with Crippen LogP contribution in [0.5, 0.6) is 0 Å². The van der Waals surface area contributed by atoms with Gasteiger partial charge in [-0.25, -0.2) is 0 Å². The van der Waals surface area contributed by atoms with Crippen LogP contribution in [0.1, 0.15) is 12.5 Å². The second kappa shape index (κ2) is 4.03. The summed E-state index contributed by atoms with van der Waals surface area (Å²) in [6, 6.07) is 9.67. The van der Waals surface area contributed by atoms with Gasteiger partial charge in [0.1, 0.15) is 12.2 Å². The van der Waals surface area contributed by atoms with Gasteiger partial charge in [0.2, 0.25) is 0 Å². The number of carbonyl (C=O) groups excluding carboxylic acids is 1. The van der Waals surface area contributed by atoms with Crippen molar-refractivity contribution in [3.63, 3.8) is 0 Å². The molecule has 3 unspecified atom stereocenters. The van der Waals surface area contributed by atoms with Crippen LogP contribution >= 0.6 is 0 Å². The molecule has 1 saturated heterocycles. The molecule has 0 aliphatic carbocycles. The van der Waals surface area contributed by atoms with Crippen molar-refractivity contribution in [2.45, 2.75) is 25.6 Å². The molecule has 15 heavy (non-hydrogen) atoms. The molecule has 1 N–H and O–H groups in total. The molecule has 0 radical (unpaired) electrons. The predicted molar refractivity (Wildman–Crippen MR) is 55.2 cm³/mol. The molecule has 1 fully saturated rings. The highest BCUT2D eigenvalue weighted by Crippen LogP contribution is 2.25. The van der Waals surface area contributed by atoms with Gasteiger partial charge in [-0.05, 0) is 18.9 Å². The highest BCUT2D eigenvalue weighted by atomic mass is 16.6. The molecule has 1 aliphatic rings. The topological polar surface area (TPSA) is 46.5 Å². The molecular formula is C12H14O3. The summed E-state index contributed by atoms with van der Waals surface area (Å²) in [5, 5.41) is 9.74. The number of hydrogen-bond donors (Lipinski definition) is 1. The maximum absolute atomic E-state index is 11.4. The van der Waals surface area contributed by atoms with Crippen LogP contribution in [0.3, 0.4) is 0 Å². The Morgan fingerprint density at radius 1 is 1.33 bits per heavy atom. The van der Waals surface area contributed by atoms with Crippen LogP contribution in [0.4, 0.5) is 0 Å². The molecule has 1 aromatic carbocycles. The van der Waals surface area contributed by atoms with Crippen LogP contribution in [0.2, 0.25) is 0 Å². The van der Waals surface area contributed by atoms with Crippen molar-refractivity contribution < 1.29 is 14.6 Å². The number of aliphatic hydroxyl groups excluding tert-OH is 1. The van der Waals surface area contributed by atoms with Crippen molar-refractivity contribution in [1.29, 1.82) is 0 Å². The first-order chi connectivity index (χ1) is 7.18. The van der Waals surface area contributed by atoms with Crippen LogP contribution in [-0.4, -0.2) is 23.3 Å². The molecule has 0 bridgehead atoms. The number of cyclic esters (lactones) is 1. The van der Waals surface area contributed by atoms with Gasteiger partial charge in [-0.15, -0.1) is 0 Å². The van der Waals surface area contributed by atoms with E-state index in [4.69, 9.17) is 4.74 Å². The standard InChI is InChI=1S/C12H14O3/c1-8-11(13)10(12(14)15-8)7-9-5-3-2-4-6-9/h2-6,8,10-11,13H,7H2,1H3. The zero-order valence-electron chi connectivity index (χ0n) is 8.59. The third kappa shape index (κ3) is 2.02. The van der Waals surface area contributed by atoms with Crippen molar-refractivity contribution in [2.24, 2.45) is 5.92 Å². The Kier molecular flexibility index (Phi) is 2.73. The second-order valence-electron chi connectivity index (χ2n) is 3.93. The Balaban J connectivity index is 2.09. The smallest absolute Gasteiger partial charge is 0.312 e. The fourth-order valence-electron chi connectivity index (χ4n) is 1.88. The van der Waals surface area contributed by atoms with Crippen LogP contribution in [0, 0.1) is 5.92 Å². The fourth-order valence-corrected chi connectivity index (χ4v) is 1.88. The van der Waals surface area contributed by atoms with Crippen molar-refractivity contribution in [3.8, 4) is 0 Å². The van der Waals surface area contributed by atoms with Gasteiger partial charge in [-0.1, -0.05) is 30.3 Å². The van der Waals surface area contributed by atoms with Gasteiger partial charge < -0.3 is 9.84 Å². The largest absolute Gasteiger partial charge is 0.460 e. The van der Waals surface area contributed by atoms with Crippen LogP contribution < -0.4 is 0 Å². The van der Waals surface area contributed by atoms with E-state index in [2.05, 4.69) is 0 Å². The van der Waals surface area contributed by atoms with Gasteiger partial charge in [0.05, 0.1) is 5.92 Å². The van der Waals surface area contributed by atoms with Gasteiger partial charge in [0.25, 0.3) is 0 Å². The van der Waals surface area contributed by atoms with E-state index >= 15 is 0 Å². The minimum atomic E-state index is -0.683. The maximum Gasteiger partial charge on any atom is 0.312 e. The summed E-state index contributed by atoms with van der Waals surface area (Å²) in [5.74, 6) is -0.707. The van der Waals surface area contributed by atoms with E-state index in [-0.39, 0.29) is 12.1 Å². The summed E-state index contributed by atoms with van der Waals surface area (Å²) in [4.78, 5) is 11.4. The quantitative estimate of drug-likeness (QED) is 0.738. The number of benzene rings is 1. The van der Waals surface area contributed by atoms with E-state index < -0.39 is 12.0 Å². The Morgan fingerprint density at radius 2 is 2.00 bits per heavy atom. The van der Waals surface area contributed by atoms with Gasteiger partial charge in [0, 0.05) is 0 Å². The molecule has 80 valence electrons. The van der Waals surface area contributed by atoms with Gasteiger partial charge >= 0.3 is 5.97 Å². The highest BCUT2D eigenvalue weighted by Gasteiger charge is 2.40. The van der Waals surface area contributed by atoms with E-state index in [1.165, 1.54) is 0 Å². The van der Waals surface area contributed by atoms with E-state index in [9.17, 15) is 9.90 Å². The van der Waals surface area contributed by atoms with Crippen molar-refractivity contribution >= 4 is 5.97 Å². The van der Waals surface area contributed by atoms with Crippen molar-refractivity contribution in [3.05, 3.63) is 35.9 Å². The van der Waals surface area contributed by atoms with Crippen molar-refractivity contribution in [1.82, 2.24) is 0 Å². The lowest BCUT2D eigenvalue weighted by Crippen LogP contribution is -2.26. The molecule has 3 nitrogen and oxygen atoms in total. The van der Waals surface area contributed by atoms with E-state index in [0.29, 0.717) is 6.42 Å². The first-order valence-corrected chi connectivity index (χ1v) is 5.11. The number of hydrogen-bond acceptors (Lipinski definition) is 3. The SMILES string of the molecule is CC1OC(=O)C(Cc2ccccc2)C1O. The molecule has 0 amide bonds. The third-order valence-electron chi connectivity index (χ3n) is 2.80. The molecular weight excluding hydrogens is 192 g/mol. The zero-order valence-corrected chi connectivity index (χ0v) is 8.59. The van der Waals surface area contributed by atoms with Crippen LogP contribution in [0.25, 0.3) is 0 Å². The number of carbonyl (C=O) groups is 1. The number of rotatable bonds is 2. The number of aliphatic hydroxyl groups is 1. The van der Waals surface area contributed by atoms with Crippen LogP contribution in [0.15, 0.2) is 30.3 Å². The summed E-state index contributed by atoms with van der Waals surface area (Å²) in [6.45, 7) is 1.72. The zero-order chi connectivity index (χ0) is 10.8. The Labute approximate surface area is 88.7 Å².